The van der Waals surface area contributed by atoms with Crippen molar-refractivity contribution in [2.24, 2.45) is 5.92 Å². The highest BCUT2D eigenvalue weighted by atomic mass is 16.5. The van der Waals surface area contributed by atoms with Gasteiger partial charge in [0.25, 0.3) is 0 Å². The molecule has 0 saturated carbocycles. The average Bonchev–Trinajstić information content (AvgIpc) is 2.40. The molecule has 0 aromatic heterocycles. The van der Waals surface area contributed by atoms with Gasteiger partial charge in [-0.2, -0.15) is 0 Å². The minimum atomic E-state index is -0.754. The van der Waals surface area contributed by atoms with Gasteiger partial charge in [0.1, 0.15) is 12.1 Å². The van der Waals surface area contributed by atoms with Crippen molar-refractivity contribution in [3.8, 4) is 0 Å². The quantitative estimate of drug-likeness (QED) is 0.526. The normalized spacial score (nSPS) is 13.0. The van der Waals surface area contributed by atoms with Crippen molar-refractivity contribution < 1.29 is 19.1 Å². The van der Waals surface area contributed by atoms with E-state index in [2.05, 4.69) is 10.6 Å². The minimum Gasteiger partial charge on any atom is -0.467 e. The summed E-state index contributed by atoms with van der Waals surface area (Å²) in [6.07, 6.45) is 2.72. The molecule has 0 aliphatic carbocycles. The number of ether oxygens (including phenoxy) is 1. The van der Waals surface area contributed by atoms with Crippen molar-refractivity contribution >= 4 is 17.8 Å². The van der Waals surface area contributed by atoms with Crippen LogP contribution in [0.15, 0.2) is 11.6 Å². The summed E-state index contributed by atoms with van der Waals surface area (Å²) < 4.78 is 4.72. The standard InChI is InChI=1S/C16H28N2O4/c1-10(2)7-8-13(16(21)22-6)18-15(20)14(9-11(3)4)17-12(5)19/h7,11,13-14H,8-9H2,1-6H3,(H,17,19)(H,18,20)/t13-,14+/m1/s1. The molecule has 2 amide bonds. The zero-order chi connectivity index (χ0) is 17.3. The van der Waals surface area contributed by atoms with Gasteiger partial charge in [0, 0.05) is 6.92 Å². The number of nitrogens with one attached hydrogen (secondary N) is 2. The van der Waals surface area contributed by atoms with Crippen LogP contribution in [-0.2, 0) is 19.1 Å². The molecule has 6 nitrogen and oxygen atoms in total. The highest BCUT2D eigenvalue weighted by molar-refractivity contribution is 5.90. The molecule has 0 unspecified atom stereocenters. The van der Waals surface area contributed by atoms with E-state index in [1.165, 1.54) is 14.0 Å². The first-order valence-electron chi connectivity index (χ1n) is 7.46. The van der Waals surface area contributed by atoms with Crippen LogP contribution in [0, 0.1) is 5.92 Å². The molecule has 0 aromatic carbocycles. The molecule has 0 saturated heterocycles. The third-order valence-corrected chi connectivity index (χ3v) is 2.97. The molecule has 0 heterocycles. The average molecular weight is 312 g/mol. The van der Waals surface area contributed by atoms with E-state index in [9.17, 15) is 14.4 Å². The number of methoxy groups -OCH3 is 1. The van der Waals surface area contributed by atoms with E-state index in [1.54, 1.807) is 0 Å². The van der Waals surface area contributed by atoms with Crippen LogP contribution >= 0.6 is 0 Å². The Balaban J connectivity index is 4.96. The topological polar surface area (TPSA) is 84.5 Å². The maximum absolute atomic E-state index is 12.3. The monoisotopic (exact) mass is 312 g/mol. The number of allylic oxidation sites excluding steroid dienone is 1. The van der Waals surface area contributed by atoms with Crippen molar-refractivity contribution in [3.63, 3.8) is 0 Å². The van der Waals surface area contributed by atoms with Crippen LogP contribution in [0.25, 0.3) is 0 Å². The minimum absolute atomic E-state index is 0.233. The van der Waals surface area contributed by atoms with Gasteiger partial charge >= 0.3 is 5.97 Å². The molecule has 0 radical (unpaired) electrons. The number of amides is 2. The maximum Gasteiger partial charge on any atom is 0.328 e. The van der Waals surface area contributed by atoms with Gasteiger partial charge in [0.2, 0.25) is 11.8 Å². The zero-order valence-corrected chi connectivity index (χ0v) is 14.4. The van der Waals surface area contributed by atoms with E-state index in [-0.39, 0.29) is 17.7 Å². The van der Waals surface area contributed by atoms with Gasteiger partial charge in [-0.3, -0.25) is 9.59 Å². The lowest BCUT2D eigenvalue weighted by molar-refractivity contribution is -0.145. The Morgan fingerprint density at radius 3 is 2.05 bits per heavy atom. The first-order chi connectivity index (χ1) is 10.2. The van der Waals surface area contributed by atoms with Gasteiger partial charge in [-0.15, -0.1) is 0 Å². The third kappa shape index (κ3) is 8.44. The molecule has 126 valence electrons. The largest absolute Gasteiger partial charge is 0.467 e. The summed E-state index contributed by atoms with van der Waals surface area (Å²) >= 11 is 0. The van der Waals surface area contributed by atoms with E-state index < -0.39 is 18.1 Å². The van der Waals surface area contributed by atoms with Crippen LogP contribution in [0.2, 0.25) is 0 Å². The summed E-state index contributed by atoms with van der Waals surface area (Å²) in [6.45, 7) is 9.11. The molecule has 2 N–H and O–H groups in total. The molecular formula is C16H28N2O4. The van der Waals surface area contributed by atoms with Gasteiger partial charge in [0.15, 0.2) is 0 Å². The van der Waals surface area contributed by atoms with Crippen molar-refractivity contribution in [2.75, 3.05) is 7.11 Å². The SMILES string of the molecule is COC(=O)[C@@H](CC=C(C)C)NC(=O)[C@H](CC(C)C)NC(C)=O. The Hall–Kier alpha value is -1.85. The Kier molecular flexibility index (Phi) is 9.13. The molecule has 2 atom stereocenters. The lowest BCUT2D eigenvalue weighted by atomic mass is 10.0. The lowest BCUT2D eigenvalue weighted by Gasteiger charge is -2.22. The number of carbonyl (C=O) groups excluding carboxylic acids is 3. The molecule has 6 heteroatoms. The second-order valence-corrected chi connectivity index (χ2v) is 5.98. The summed E-state index contributed by atoms with van der Waals surface area (Å²) in [5, 5.41) is 5.28. The van der Waals surface area contributed by atoms with Crippen LogP contribution in [0.5, 0.6) is 0 Å². The van der Waals surface area contributed by atoms with Crippen LogP contribution < -0.4 is 10.6 Å². The third-order valence-electron chi connectivity index (χ3n) is 2.97. The molecule has 0 bridgehead atoms. The van der Waals surface area contributed by atoms with E-state index in [4.69, 9.17) is 4.74 Å². The van der Waals surface area contributed by atoms with Crippen LogP contribution in [0.3, 0.4) is 0 Å². The predicted octanol–water partition coefficient (Wildman–Crippen LogP) is 1.55. The summed E-state index contributed by atoms with van der Waals surface area (Å²) in [5.74, 6) is -0.921. The number of hydrogen-bond acceptors (Lipinski definition) is 4. The maximum atomic E-state index is 12.3. The Labute approximate surface area is 132 Å². The van der Waals surface area contributed by atoms with Crippen LogP contribution in [0.4, 0.5) is 0 Å². The van der Waals surface area contributed by atoms with E-state index in [1.807, 2.05) is 33.8 Å². The fourth-order valence-electron chi connectivity index (χ4n) is 1.93. The number of esters is 1. The Morgan fingerprint density at radius 1 is 1.05 bits per heavy atom. The van der Waals surface area contributed by atoms with Crippen molar-refractivity contribution in [1.29, 1.82) is 0 Å². The molecule has 0 aromatic rings. The molecule has 0 fully saturated rings. The van der Waals surface area contributed by atoms with Crippen LogP contribution in [-0.4, -0.2) is 37.0 Å². The lowest BCUT2D eigenvalue weighted by Crippen LogP contribution is -2.51. The highest BCUT2D eigenvalue weighted by Crippen LogP contribution is 2.07. The zero-order valence-electron chi connectivity index (χ0n) is 14.4. The Bertz CT molecular complexity index is 426. The molecule has 0 aliphatic rings. The highest BCUT2D eigenvalue weighted by Gasteiger charge is 2.26. The van der Waals surface area contributed by atoms with Gasteiger partial charge in [-0.05, 0) is 32.6 Å². The molecule has 22 heavy (non-hydrogen) atoms. The van der Waals surface area contributed by atoms with Crippen molar-refractivity contribution in [2.45, 2.75) is 59.5 Å². The van der Waals surface area contributed by atoms with Gasteiger partial charge in [-0.25, -0.2) is 4.79 Å². The van der Waals surface area contributed by atoms with E-state index in [0.717, 1.165) is 5.57 Å². The molecule has 0 aliphatic heterocycles. The van der Waals surface area contributed by atoms with Crippen molar-refractivity contribution in [1.82, 2.24) is 10.6 Å². The Morgan fingerprint density at radius 2 is 1.64 bits per heavy atom. The van der Waals surface area contributed by atoms with Gasteiger partial charge in [0.05, 0.1) is 7.11 Å². The fraction of sp³-hybridized carbons (Fsp3) is 0.688. The van der Waals surface area contributed by atoms with E-state index in [0.29, 0.717) is 12.8 Å². The summed E-state index contributed by atoms with van der Waals surface area (Å²) in [5.41, 5.74) is 1.05. The number of rotatable bonds is 8. The van der Waals surface area contributed by atoms with Gasteiger partial charge in [-0.1, -0.05) is 25.5 Å². The number of carbonyl (C=O) groups is 3. The second kappa shape index (κ2) is 9.97. The van der Waals surface area contributed by atoms with Gasteiger partial charge < -0.3 is 15.4 Å². The number of hydrogen-bond donors (Lipinski definition) is 2. The molecular weight excluding hydrogens is 284 g/mol. The van der Waals surface area contributed by atoms with Crippen LogP contribution in [0.1, 0.15) is 47.5 Å². The van der Waals surface area contributed by atoms with Crippen molar-refractivity contribution in [3.05, 3.63) is 11.6 Å². The smallest absolute Gasteiger partial charge is 0.328 e. The molecule has 0 rings (SSSR count). The second-order valence-electron chi connectivity index (χ2n) is 5.98. The molecule has 0 spiro atoms. The first kappa shape index (κ1) is 20.1. The summed E-state index contributed by atoms with van der Waals surface area (Å²) in [6, 6.07) is -1.41. The van der Waals surface area contributed by atoms with E-state index >= 15 is 0 Å². The first-order valence-corrected chi connectivity index (χ1v) is 7.46. The summed E-state index contributed by atoms with van der Waals surface area (Å²) in [4.78, 5) is 35.3. The fourth-order valence-corrected chi connectivity index (χ4v) is 1.93. The predicted molar refractivity (Wildman–Crippen MR) is 85.1 cm³/mol. The summed E-state index contributed by atoms with van der Waals surface area (Å²) in [7, 11) is 1.28.